The summed E-state index contributed by atoms with van der Waals surface area (Å²) in [7, 11) is 1.59. The highest BCUT2D eigenvalue weighted by molar-refractivity contribution is 7.99. The summed E-state index contributed by atoms with van der Waals surface area (Å²) in [5.74, 6) is 1.27. The molecule has 0 aliphatic rings. The van der Waals surface area contributed by atoms with Gasteiger partial charge < -0.3 is 9.15 Å². The average molecular weight is 454 g/mol. The Morgan fingerprint density at radius 3 is 2.48 bits per heavy atom. The van der Waals surface area contributed by atoms with Crippen LogP contribution >= 0.6 is 11.8 Å². The molecule has 6 nitrogen and oxygen atoms in total. The van der Waals surface area contributed by atoms with E-state index in [9.17, 15) is 4.79 Å². The monoisotopic (exact) mass is 453 g/mol. The number of fused-ring (bicyclic) bond motifs is 1. The number of ether oxygens (including phenoxy) is 1. The molecule has 2 heterocycles. The quantitative estimate of drug-likeness (QED) is 0.223. The molecule has 0 aliphatic carbocycles. The number of ketones is 1. The molecule has 5 rings (SSSR count). The van der Waals surface area contributed by atoms with Crippen molar-refractivity contribution in [2.24, 2.45) is 0 Å². The smallest absolute Gasteiger partial charge is 0.277 e. The van der Waals surface area contributed by atoms with Crippen LogP contribution in [0.25, 0.3) is 33.6 Å². The van der Waals surface area contributed by atoms with Gasteiger partial charge in [0.2, 0.25) is 5.89 Å². The number of carbonyl (C=O) groups is 1. The molecular formula is C26H19N3O3S. The maximum Gasteiger partial charge on any atom is 0.277 e. The number of hydrogen-bond donors (Lipinski definition) is 0. The van der Waals surface area contributed by atoms with E-state index in [2.05, 4.69) is 10.2 Å². The first-order chi connectivity index (χ1) is 16.2. The first-order valence-corrected chi connectivity index (χ1v) is 11.3. The van der Waals surface area contributed by atoms with Gasteiger partial charge in [0.25, 0.3) is 5.22 Å². The Labute approximate surface area is 194 Å². The minimum absolute atomic E-state index is 0.0249. The van der Waals surface area contributed by atoms with E-state index in [-0.39, 0.29) is 11.5 Å². The van der Waals surface area contributed by atoms with Crippen LogP contribution in [0.2, 0.25) is 0 Å². The Morgan fingerprint density at radius 1 is 0.939 bits per heavy atom. The van der Waals surface area contributed by atoms with Gasteiger partial charge in [-0.25, -0.2) is 4.98 Å². The second-order valence-corrected chi connectivity index (χ2v) is 8.18. The fraction of sp³-hybridized carbons (Fsp3) is 0.0769. The van der Waals surface area contributed by atoms with Crippen molar-refractivity contribution in [1.29, 1.82) is 0 Å². The number of Topliss-reactive ketones (excluding diaryl/α,β-unsaturated/α-hetero) is 1. The molecule has 0 bridgehead atoms. The summed E-state index contributed by atoms with van der Waals surface area (Å²) in [6.07, 6.45) is 0. The second-order valence-electron chi connectivity index (χ2n) is 7.25. The molecule has 0 atom stereocenters. The third kappa shape index (κ3) is 4.49. The normalized spacial score (nSPS) is 10.9. The summed E-state index contributed by atoms with van der Waals surface area (Å²) in [4.78, 5) is 17.3. The maximum atomic E-state index is 12.5. The molecule has 0 aliphatic heterocycles. The van der Waals surface area contributed by atoms with Gasteiger partial charge in [-0.05, 0) is 36.4 Å². The van der Waals surface area contributed by atoms with Gasteiger partial charge in [-0.2, -0.15) is 0 Å². The van der Waals surface area contributed by atoms with Crippen LogP contribution in [0.3, 0.4) is 0 Å². The average Bonchev–Trinajstić information content (AvgIpc) is 3.36. The van der Waals surface area contributed by atoms with Crippen molar-refractivity contribution in [3.8, 4) is 28.5 Å². The van der Waals surface area contributed by atoms with Crippen molar-refractivity contribution in [2.75, 3.05) is 12.9 Å². The number of pyridine rings is 1. The van der Waals surface area contributed by atoms with Gasteiger partial charge in [-0.1, -0.05) is 60.3 Å². The minimum atomic E-state index is -0.0249. The number of hydrogen-bond acceptors (Lipinski definition) is 7. The summed E-state index contributed by atoms with van der Waals surface area (Å²) < 4.78 is 11.1. The highest BCUT2D eigenvalue weighted by Crippen LogP contribution is 2.32. The first-order valence-electron chi connectivity index (χ1n) is 10.3. The van der Waals surface area contributed by atoms with E-state index >= 15 is 0 Å². The number of aromatic nitrogens is 3. The summed E-state index contributed by atoms with van der Waals surface area (Å²) in [6, 6.07) is 26.8. The highest BCUT2D eigenvalue weighted by Gasteiger charge is 2.16. The number of thioether (sulfide) groups is 1. The lowest BCUT2D eigenvalue weighted by Crippen LogP contribution is -2.02. The predicted octanol–water partition coefficient (Wildman–Crippen LogP) is 5.94. The minimum Gasteiger partial charge on any atom is -0.497 e. The fourth-order valence-electron chi connectivity index (χ4n) is 3.47. The zero-order valence-electron chi connectivity index (χ0n) is 17.8. The number of methoxy groups -OCH3 is 1. The SMILES string of the molecule is COc1ccc(C(=O)CSc2nnc(-c3cc(-c4ccccc4)nc4ccccc34)o2)cc1. The van der Waals surface area contributed by atoms with Crippen LogP contribution in [0.1, 0.15) is 10.4 Å². The lowest BCUT2D eigenvalue weighted by atomic mass is 10.0. The molecule has 0 fully saturated rings. The van der Waals surface area contributed by atoms with Crippen LogP contribution in [0.15, 0.2) is 94.6 Å². The summed E-state index contributed by atoms with van der Waals surface area (Å²) >= 11 is 1.22. The maximum absolute atomic E-state index is 12.5. The van der Waals surface area contributed by atoms with Gasteiger partial charge in [0.1, 0.15) is 5.75 Å². The van der Waals surface area contributed by atoms with E-state index in [4.69, 9.17) is 14.1 Å². The molecule has 162 valence electrons. The Bertz CT molecular complexity index is 1420. The summed E-state index contributed by atoms with van der Waals surface area (Å²) in [5, 5.41) is 9.66. The molecule has 3 aromatic carbocycles. The van der Waals surface area contributed by atoms with Crippen LogP contribution in [0.5, 0.6) is 5.75 Å². The van der Waals surface area contributed by atoms with Crippen LogP contribution < -0.4 is 4.74 Å². The molecule has 0 amide bonds. The lowest BCUT2D eigenvalue weighted by Gasteiger charge is -2.07. The van der Waals surface area contributed by atoms with Gasteiger partial charge in [0.15, 0.2) is 5.78 Å². The van der Waals surface area contributed by atoms with E-state index < -0.39 is 0 Å². The van der Waals surface area contributed by atoms with Crippen LogP contribution in [-0.2, 0) is 0 Å². The second kappa shape index (κ2) is 9.26. The molecule has 33 heavy (non-hydrogen) atoms. The van der Waals surface area contributed by atoms with Crippen molar-refractivity contribution in [3.05, 3.63) is 90.5 Å². The molecule has 0 saturated heterocycles. The van der Waals surface area contributed by atoms with Gasteiger partial charge in [-0.3, -0.25) is 4.79 Å². The molecule has 7 heteroatoms. The van der Waals surface area contributed by atoms with E-state index in [1.807, 2.05) is 60.7 Å². The van der Waals surface area contributed by atoms with Crippen LogP contribution in [0, 0.1) is 0 Å². The molecule has 0 unspecified atom stereocenters. The van der Waals surface area contributed by atoms with Crippen molar-refractivity contribution in [2.45, 2.75) is 5.22 Å². The third-order valence-electron chi connectivity index (χ3n) is 5.16. The number of para-hydroxylation sites is 1. The number of carbonyl (C=O) groups excluding carboxylic acids is 1. The van der Waals surface area contributed by atoms with Crippen molar-refractivity contribution >= 4 is 28.4 Å². The Balaban J connectivity index is 1.41. The highest BCUT2D eigenvalue weighted by atomic mass is 32.2. The molecule has 0 N–H and O–H groups in total. The Hall–Kier alpha value is -3.97. The van der Waals surface area contributed by atoms with Crippen LogP contribution in [0.4, 0.5) is 0 Å². The Morgan fingerprint density at radius 2 is 1.70 bits per heavy atom. The van der Waals surface area contributed by atoms with Gasteiger partial charge in [-0.15, -0.1) is 10.2 Å². The molecule has 0 radical (unpaired) electrons. The fourth-order valence-corrected chi connectivity index (χ4v) is 4.13. The summed E-state index contributed by atoms with van der Waals surface area (Å²) in [5.41, 5.74) is 4.09. The van der Waals surface area contributed by atoms with E-state index in [0.29, 0.717) is 22.4 Å². The largest absolute Gasteiger partial charge is 0.497 e. The zero-order chi connectivity index (χ0) is 22.6. The first kappa shape index (κ1) is 20.9. The van der Waals surface area contributed by atoms with E-state index in [1.54, 1.807) is 31.4 Å². The van der Waals surface area contributed by atoms with Crippen molar-refractivity contribution in [1.82, 2.24) is 15.2 Å². The molecule has 0 spiro atoms. The van der Waals surface area contributed by atoms with Crippen molar-refractivity contribution in [3.63, 3.8) is 0 Å². The predicted molar refractivity (Wildman–Crippen MR) is 129 cm³/mol. The molecular weight excluding hydrogens is 434 g/mol. The lowest BCUT2D eigenvalue weighted by molar-refractivity contribution is 0.102. The Kier molecular flexibility index (Phi) is 5.87. The topological polar surface area (TPSA) is 78.1 Å². The van der Waals surface area contributed by atoms with Crippen molar-refractivity contribution < 1.29 is 13.9 Å². The molecule has 2 aromatic heterocycles. The standard InChI is InChI=1S/C26H19N3O3S/c1-31-19-13-11-18(12-14-19)24(30)16-33-26-29-28-25(32-26)21-15-23(17-7-3-2-4-8-17)27-22-10-6-5-9-20(21)22/h2-15H,16H2,1H3. The zero-order valence-corrected chi connectivity index (χ0v) is 18.6. The number of rotatable bonds is 7. The van der Waals surface area contributed by atoms with Gasteiger partial charge in [0.05, 0.1) is 29.6 Å². The summed E-state index contributed by atoms with van der Waals surface area (Å²) in [6.45, 7) is 0. The molecule has 0 saturated carbocycles. The van der Waals surface area contributed by atoms with Gasteiger partial charge in [0, 0.05) is 16.5 Å². The van der Waals surface area contributed by atoms with E-state index in [0.717, 1.165) is 27.7 Å². The third-order valence-corrected chi connectivity index (χ3v) is 5.98. The number of nitrogens with zero attached hydrogens (tertiary/aromatic N) is 3. The number of benzene rings is 3. The van der Waals surface area contributed by atoms with Crippen LogP contribution in [-0.4, -0.2) is 33.8 Å². The van der Waals surface area contributed by atoms with E-state index in [1.165, 1.54) is 11.8 Å². The molecule has 5 aromatic rings. The van der Waals surface area contributed by atoms with Gasteiger partial charge >= 0.3 is 0 Å².